The molecule has 1 aromatic carbocycles. The number of carbonyl (C=O) groups excluding carboxylic acids is 1. The largest absolute Gasteiger partial charge is 0.353 e. The number of rotatable bonds is 4. The van der Waals surface area contributed by atoms with Gasteiger partial charge in [0.1, 0.15) is 0 Å². The molecule has 0 aliphatic carbocycles. The first kappa shape index (κ1) is 14.7. The van der Waals surface area contributed by atoms with Gasteiger partial charge in [-0.3, -0.25) is 4.79 Å². The Morgan fingerprint density at radius 3 is 2.50 bits per heavy atom. The summed E-state index contributed by atoms with van der Waals surface area (Å²) in [4.78, 5) is 11.4. The molecule has 1 amide bonds. The summed E-state index contributed by atoms with van der Waals surface area (Å²) in [5.41, 5.74) is 0.821. The fourth-order valence-electron chi connectivity index (χ4n) is 1.24. The second-order valence-corrected chi connectivity index (χ2v) is 4.88. The van der Waals surface area contributed by atoms with Crippen LogP contribution in [0.3, 0.4) is 0 Å². The maximum absolute atomic E-state index is 11.4. The quantitative estimate of drug-likeness (QED) is 0.742. The zero-order chi connectivity index (χ0) is 13.5. The van der Waals surface area contributed by atoms with Gasteiger partial charge in [0.05, 0.1) is 6.54 Å². The molecule has 1 aromatic rings. The van der Waals surface area contributed by atoms with E-state index in [1.165, 1.54) is 0 Å². The molecule has 0 unspecified atom stereocenters. The van der Waals surface area contributed by atoms with Crippen molar-refractivity contribution < 1.29 is 4.79 Å². The molecule has 0 fully saturated rings. The van der Waals surface area contributed by atoms with Crippen LogP contribution in [-0.4, -0.2) is 23.6 Å². The SMILES string of the molecule is CC(C)NC(=O)CNC(=S)Nc1ccc(Cl)cc1. The van der Waals surface area contributed by atoms with Crippen molar-refractivity contribution in [1.82, 2.24) is 10.6 Å². The summed E-state index contributed by atoms with van der Waals surface area (Å²) in [5, 5.41) is 9.61. The van der Waals surface area contributed by atoms with E-state index >= 15 is 0 Å². The summed E-state index contributed by atoms with van der Waals surface area (Å²) >= 11 is 10.8. The molecule has 0 heterocycles. The van der Waals surface area contributed by atoms with E-state index in [-0.39, 0.29) is 18.5 Å². The molecular formula is C12H16ClN3OS. The van der Waals surface area contributed by atoms with Gasteiger partial charge in [-0.1, -0.05) is 11.6 Å². The minimum atomic E-state index is -0.0924. The zero-order valence-corrected chi connectivity index (χ0v) is 11.9. The normalized spacial score (nSPS) is 10.0. The van der Waals surface area contributed by atoms with Crippen LogP contribution in [0.25, 0.3) is 0 Å². The van der Waals surface area contributed by atoms with Crippen molar-refractivity contribution in [1.29, 1.82) is 0 Å². The monoisotopic (exact) mass is 285 g/mol. The van der Waals surface area contributed by atoms with Crippen LogP contribution in [0.4, 0.5) is 5.69 Å². The van der Waals surface area contributed by atoms with Crippen molar-refractivity contribution in [2.45, 2.75) is 19.9 Å². The molecule has 0 aliphatic heterocycles. The molecule has 0 atom stereocenters. The van der Waals surface area contributed by atoms with E-state index in [1.54, 1.807) is 12.1 Å². The van der Waals surface area contributed by atoms with E-state index < -0.39 is 0 Å². The minimum absolute atomic E-state index is 0.0924. The lowest BCUT2D eigenvalue weighted by Gasteiger charge is -2.12. The van der Waals surface area contributed by atoms with Crippen LogP contribution in [0, 0.1) is 0 Å². The number of anilines is 1. The van der Waals surface area contributed by atoms with Gasteiger partial charge in [-0.2, -0.15) is 0 Å². The Bertz CT molecular complexity index is 420. The lowest BCUT2D eigenvalue weighted by atomic mass is 10.3. The molecule has 0 aliphatic rings. The Morgan fingerprint density at radius 2 is 1.94 bits per heavy atom. The third kappa shape index (κ3) is 5.84. The Kier molecular flexibility index (Phi) is 5.88. The third-order valence-electron chi connectivity index (χ3n) is 1.96. The van der Waals surface area contributed by atoms with Gasteiger partial charge < -0.3 is 16.0 Å². The standard InChI is InChI=1S/C12H16ClN3OS/c1-8(2)15-11(17)7-14-12(18)16-10-5-3-9(13)4-6-10/h3-6,8H,7H2,1-2H3,(H,15,17)(H2,14,16,18). The molecule has 3 N–H and O–H groups in total. The average molecular weight is 286 g/mol. The maximum Gasteiger partial charge on any atom is 0.239 e. The molecule has 0 aromatic heterocycles. The van der Waals surface area contributed by atoms with Crippen LogP contribution in [-0.2, 0) is 4.79 Å². The molecule has 18 heavy (non-hydrogen) atoms. The van der Waals surface area contributed by atoms with E-state index in [2.05, 4.69) is 16.0 Å². The first-order valence-electron chi connectivity index (χ1n) is 5.57. The summed E-state index contributed by atoms with van der Waals surface area (Å²) in [5.74, 6) is -0.0924. The topological polar surface area (TPSA) is 53.2 Å². The van der Waals surface area contributed by atoms with Crippen LogP contribution in [0.1, 0.15) is 13.8 Å². The Morgan fingerprint density at radius 1 is 1.33 bits per heavy atom. The van der Waals surface area contributed by atoms with E-state index in [0.717, 1.165) is 5.69 Å². The number of thiocarbonyl (C=S) groups is 1. The number of hydrogen-bond donors (Lipinski definition) is 3. The fourth-order valence-corrected chi connectivity index (χ4v) is 1.56. The summed E-state index contributed by atoms with van der Waals surface area (Å²) in [6.45, 7) is 3.96. The first-order valence-corrected chi connectivity index (χ1v) is 6.36. The predicted octanol–water partition coefficient (Wildman–Crippen LogP) is 2.15. The van der Waals surface area contributed by atoms with Crippen molar-refractivity contribution in [2.24, 2.45) is 0 Å². The van der Waals surface area contributed by atoms with Gasteiger partial charge in [0, 0.05) is 16.8 Å². The molecular weight excluding hydrogens is 270 g/mol. The lowest BCUT2D eigenvalue weighted by Crippen LogP contribution is -2.41. The number of carbonyl (C=O) groups is 1. The van der Waals surface area contributed by atoms with Crippen molar-refractivity contribution in [2.75, 3.05) is 11.9 Å². The van der Waals surface area contributed by atoms with Crippen LogP contribution in [0.15, 0.2) is 24.3 Å². The number of nitrogens with one attached hydrogen (secondary N) is 3. The van der Waals surface area contributed by atoms with Crippen molar-refractivity contribution in [3.63, 3.8) is 0 Å². The highest BCUT2D eigenvalue weighted by molar-refractivity contribution is 7.80. The van der Waals surface area contributed by atoms with Crippen molar-refractivity contribution in [3.05, 3.63) is 29.3 Å². The average Bonchev–Trinajstić information content (AvgIpc) is 2.29. The molecule has 98 valence electrons. The molecule has 1 rings (SSSR count). The Balaban J connectivity index is 2.34. The van der Waals surface area contributed by atoms with Gasteiger partial charge in [-0.25, -0.2) is 0 Å². The lowest BCUT2D eigenvalue weighted by molar-refractivity contribution is -0.120. The van der Waals surface area contributed by atoms with Crippen LogP contribution in [0.2, 0.25) is 5.02 Å². The fraction of sp³-hybridized carbons (Fsp3) is 0.333. The van der Waals surface area contributed by atoms with E-state index in [1.807, 2.05) is 26.0 Å². The molecule has 4 nitrogen and oxygen atoms in total. The second-order valence-electron chi connectivity index (χ2n) is 4.04. The van der Waals surface area contributed by atoms with Gasteiger partial charge in [0.25, 0.3) is 0 Å². The highest BCUT2D eigenvalue weighted by Crippen LogP contribution is 2.12. The zero-order valence-electron chi connectivity index (χ0n) is 10.3. The third-order valence-corrected chi connectivity index (χ3v) is 2.46. The van der Waals surface area contributed by atoms with E-state index in [0.29, 0.717) is 10.1 Å². The van der Waals surface area contributed by atoms with Gasteiger partial charge in [0.15, 0.2) is 5.11 Å². The van der Waals surface area contributed by atoms with Gasteiger partial charge in [0.2, 0.25) is 5.91 Å². The van der Waals surface area contributed by atoms with Crippen molar-refractivity contribution in [3.8, 4) is 0 Å². The van der Waals surface area contributed by atoms with Gasteiger partial charge >= 0.3 is 0 Å². The Labute approximate surface area is 117 Å². The highest BCUT2D eigenvalue weighted by atomic mass is 35.5. The maximum atomic E-state index is 11.4. The summed E-state index contributed by atoms with van der Waals surface area (Å²) in [6.07, 6.45) is 0. The number of halogens is 1. The smallest absolute Gasteiger partial charge is 0.239 e. The van der Waals surface area contributed by atoms with Gasteiger partial charge in [-0.05, 0) is 50.3 Å². The van der Waals surface area contributed by atoms with Crippen molar-refractivity contribution >= 4 is 40.5 Å². The predicted molar refractivity (Wildman–Crippen MR) is 79.0 cm³/mol. The minimum Gasteiger partial charge on any atom is -0.353 e. The highest BCUT2D eigenvalue weighted by Gasteiger charge is 2.04. The Hall–Kier alpha value is -1.33. The molecule has 0 saturated heterocycles. The van der Waals surface area contributed by atoms with E-state index in [4.69, 9.17) is 23.8 Å². The molecule has 0 saturated carbocycles. The number of benzene rings is 1. The number of hydrogen-bond acceptors (Lipinski definition) is 2. The van der Waals surface area contributed by atoms with Gasteiger partial charge in [-0.15, -0.1) is 0 Å². The summed E-state index contributed by atoms with van der Waals surface area (Å²) < 4.78 is 0. The van der Waals surface area contributed by atoms with Crippen LogP contribution < -0.4 is 16.0 Å². The summed E-state index contributed by atoms with van der Waals surface area (Å²) in [7, 11) is 0. The first-order chi connectivity index (χ1) is 8.47. The van der Waals surface area contributed by atoms with Crippen LogP contribution in [0.5, 0.6) is 0 Å². The molecule has 0 spiro atoms. The molecule has 0 radical (unpaired) electrons. The van der Waals surface area contributed by atoms with E-state index in [9.17, 15) is 4.79 Å². The van der Waals surface area contributed by atoms with Crippen LogP contribution >= 0.6 is 23.8 Å². The summed E-state index contributed by atoms with van der Waals surface area (Å²) in [6, 6.07) is 7.27. The molecule has 6 heteroatoms. The number of amides is 1. The second kappa shape index (κ2) is 7.18. The molecule has 0 bridgehead atoms.